The first-order valence-corrected chi connectivity index (χ1v) is 4.41. The summed E-state index contributed by atoms with van der Waals surface area (Å²) in [4.78, 5) is 44.9. The van der Waals surface area contributed by atoms with Gasteiger partial charge in [-0.2, -0.15) is 10.1 Å². The standard InChI is InChI=1S/C8H10N3O5/c1-4(12)7-8(15)9(5(2)13)10(6(3)14)11(7)16/h7H,1-3H3/q-1. The van der Waals surface area contributed by atoms with Gasteiger partial charge in [-0.3, -0.25) is 24.4 Å². The number of ketones is 1. The number of amides is 3. The van der Waals surface area contributed by atoms with Crippen molar-refractivity contribution in [2.75, 3.05) is 0 Å². The van der Waals surface area contributed by atoms with Crippen molar-refractivity contribution < 1.29 is 19.2 Å². The summed E-state index contributed by atoms with van der Waals surface area (Å²) in [5.74, 6) is -3.35. The Morgan fingerprint density at radius 3 is 1.88 bits per heavy atom. The Balaban J connectivity index is 3.19. The van der Waals surface area contributed by atoms with Crippen LogP contribution in [0.5, 0.6) is 0 Å². The largest absolute Gasteiger partial charge is 0.765 e. The van der Waals surface area contributed by atoms with Gasteiger partial charge in [-0.15, -0.1) is 0 Å². The number of carbonyl (C=O) groups is 4. The predicted octanol–water partition coefficient (Wildman–Crippen LogP) is -1.19. The lowest BCUT2D eigenvalue weighted by Gasteiger charge is -2.35. The zero-order chi connectivity index (χ0) is 12.6. The molecule has 0 N–H and O–H groups in total. The van der Waals surface area contributed by atoms with E-state index in [0.29, 0.717) is 10.1 Å². The van der Waals surface area contributed by atoms with Crippen LogP contribution in [0, 0.1) is 5.21 Å². The molecule has 1 saturated heterocycles. The minimum atomic E-state index is -1.66. The van der Waals surface area contributed by atoms with E-state index in [2.05, 4.69) is 0 Å². The molecule has 16 heavy (non-hydrogen) atoms. The second kappa shape index (κ2) is 3.99. The van der Waals surface area contributed by atoms with Crippen LogP contribution < -0.4 is 0 Å². The van der Waals surface area contributed by atoms with Gasteiger partial charge < -0.3 is 5.21 Å². The van der Waals surface area contributed by atoms with Crippen LogP contribution in [0.4, 0.5) is 0 Å². The van der Waals surface area contributed by atoms with E-state index in [1.807, 2.05) is 0 Å². The van der Waals surface area contributed by atoms with Crippen LogP contribution in [-0.4, -0.2) is 44.8 Å². The molecule has 0 aromatic rings. The summed E-state index contributed by atoms with van der Waals surface area (Å²) in [5, 5.41) is 12.1. The molecule has 1 rings (SSSR count). The van der Waals surface area contributed by atoms with Crippen LogP contribution in [0.15, 0.2) is 0 Å². The lowest BCUT2D eigenvalue weighted by atomic mass is 10.2. The number of hydrogen-bond acceptors (Lipinski definition) is 6. The Morgan fingerprint density at radius 1 is 1.12 bits per heavy atom. The third kappa shape index (κ3) is 1.68. The summed E-state index contributed by atoms with van der Waals surface area (Å²) in [6, 6.07) is -1.66. The van der Waals surface area contributed by atoms with Crippen LogP contribution in [0.2, 0.25) is 0 Å². The summed E-state index contributed by atoms with van der Waals surface area (Å²) in [6.07, 6.45) is 0. The van der Waals surface area contributed by atoms with Gasteiger partial charge >= 0.3 is 0 Å². The third-order valence-corrected chi connectivity index (χ3v) is 2.00. The van der Waals surface area contributed by atoms with Crippen molar-refractivity contribution in [1.29, 1.82) is 0 Å². The molecule has 1 heterocycles. The molecule has 0 aromatic heterocycles. The molecule has 3 amide bonds. The molecule has 0 aromatic carbocycles. The average Bonchev–Trinajstić information content (AvgIpc) is 2.36. The second-order valence-electron chi connectivity index (χ2n) is 3.29. The van der Waals surface area contributed by atoms with Crippen molar-refractivity contribution >= 4 is 23.5 Å². The van der Waals surface area contributed by atoms with Crippen LogP contribution in [0.1, 0.15) is 20.8 Å². The number of rotatable bonds is 1. The van der Waals surface area contributed by atoms with Crippen molar-refractivity contribution in [3.8, 4) is 0 Å². The maximum atomic E-state index is 11.6. The molecule has 0 aliphatic carbocycles. The number of imide groups is 1. The van der Waals surface area contributed by atoms with E-state index in [4.69, 9.17) is 0 Å². The van der Waals surface area contributed by atoms with Gasteiger partial charge in [0.15, 0.2) is 11.8 Å². The molecular weight excluding hydrogens is 218 g/mol. The molecule has 0 spiro atoms. The quantitative estimate of drug-likeness (QED) is 0.523. The van der Waals surface area contributed by atoms with E-state index in [1.54, 1.807) is 0 Å². The van der Waals surface area contributed by atoms with Crippen LogP contribution >= 0.6 is 0 Å². The van der Waals surface area contributed by atoms with E-state index in [-0.39, 0.29) is 5.17 Å². The van der Waals surface area contributed by atoms with Crippen LogP contribution in [-0.2, 0) is 19.2 Å². The maximum absolute atomic E-state index is 11.6. The molecule has 1 atom stereocenters. The first kappa shape index (κ1) is 12.3. The Bertz CT molecular complexity index is 380. The number of nitrogens with zero attached hydrogens (tertiary/aromatic N) is 3. The number of carbonyl (C=O) groups excluding carboxylic acids is 4. The van der Waals surface area contributed by atoms with Crippen molar-refractivity contribution in [1.82, 2.24) is 15.3 Å². The van der Waals surface area contributed by atoms with Gasteiger partial charge in [0.1, 0.15) is 0 Å². The second-order valence-corrected chi connectivity index (χ2v) is 3.29. The van der Waals surface area contributed by atoms with Gasteiger partial charge in [-0.25, -0.2) is 0 Å². The van der Waals surface area contributed by atoms with Crippen molar-refractivity contribution in [3.63, 3.8) is 0 Å². The fourth-order valence-electron chi connectivity index (χ4n) is 1.40. The van der Waals surface area contributed by atoms with Gasteiger partial charge in [-0.1, -0.05) is 0 Å². The smallest absolute Gasteiger partial charge is 0.275 e. The summed E-state index contributed by atoms with van der Waals surface area (Å²) in [5.41, 5.74) is 0. The molecule has 1 aliphatic rings. The molecule has 1 aliphatic heterocycles. The lowest BCUT2D eigenvalue weighted by molar-refractivity contribution is -0.178. The van der Waals surface area contributed by atoms with Gasteiger partial charge in [0, 0.05) is 13.8 Å². The van der Waals surface area contributed by atoms with E-state index >= 15 is 0 Å². The first-order valence-electron chi connectivity index (χ1n) is 4.41. The van der Waals surface area contributed by atoms with Crippen molar-refractivity contribution in [3.05, 3.63) is 5.21 Å². The van der Waals surface area contributed by atoms with E-state index in [9.17, 15) is 24.4 Å². The third-order valence-electron chi connectivity index (χ3n) is 2.00. The van der Waals surface area contributed by atoms with Gasteiger partial charge in [0.25, 0.3) is 11.8 Å². The molecule has 8 nitrogen and oxygen atoms in total. The molecule has 0 bridgehead atoms. The Morgan fingerprint density at radius 2 is 1.62 bits per heavy atom. The Labute approximate surface area is 90.9 Å². The molecule has 88 valence electrons. The summed E-state index contributed by atoms with van der Waals surface area (Å²) in [6.45, 7) is 3.07. The summed E-state index contributed by atoms with van der Waals surface area (Å²) >= 11 is 0. The van der Waals surface area contributed by atoms with E-state index in [1.165, 1.54) is 0 Å². The minimum Gasteiger partial charge on any atom is -0.765 e. The normalized spacial score (nSPS) is 21.5. The van der Waals surface area contributed by atoms with Gasteiger partial charge in [0.2, 0.25) is 5.91 Å². The van der Waals surface area contributed by atoms with E-state index < -0.39 is 29.5 Å². The highest BCUT2D eigenvalue weighted by atomic mass is 16.6. The Hall–Kier alpha value is -1.80. The summed E-state index contributed by atoms with van der Waals surface area (Å²) in [7, 11) is 0. The highest BCUT2D eigenvalue weighted by Crippen LogP contribution is 2.20. The van der Waals surface area contributed by atoms with Crippen LogP contribution in [0.25, 0.3) is 0 Å². The summed E-state index contributed by atoms with van der Waals surface area (Å²) < 4.78 is 0. The number of hydrogen-bond donors (Lipinski definition) is 0. The highest BCUT2D eigenvalue weighted by molar-refractivity contribution is 6.11. The van der Waals surface area contributed by atoms with Crippen molar-refractivity contribution in [2.24, 2.45) is 0 Å². The van der Waals surface area contributed by atoms with E-state index in [0.717, 1.165) is 20.8 Å². The van der Waals surface area contributed by atoms with Gasteiger partial charge in [-0.05, 0) is 6.92 Å². The van der Waals surface area contributed by atoms with Gasteiger partial charge in [0.05, 0.1) is 0 Å². The number of hydrazine groups is 2. The molecule has 1 fully saturated rings. The van der Waals surface area contributed by atoms with Crippen LogP contribution in [0.3, 0.4) is 0 Å². The molecular formula is C8H10N3O5-. The SMILES string of the molecule is CC(=O)C1C(=O)N(C(C)=O)N(C(C)=O)N1[O-]. The lowest BCUT2D eigenvalue weighted by Crippen LogP contribution is -2.48. The molecule has 0 radical (unpaired) electrons. The first-order chi connectivity index (χ1) is 7.29. The Kier molecular flexibility index (Phi) is 3.06. The topological polar surface area (TPSA) is 101 Å². The monoisotopic (exact) mass is 228 g/mol. The molecule has 8 heteroatoms. The zero-order valence-electron chi connectivity index (χ0n) is 8.96. The fraction of sp³-hybridized carbons (Fsp3) is 0.500. The zero-order valence-corrected chi connectivity index (χ0v) is 8.96. The molecule has 0 saturated carbocycles. The van der Waals surface area contributed by atoms with Crippen molar-refractivity contribution in [2.45, 2.75) is 26.8 Å². The average molecular weight is 228 g/mol. The fourth-order valence-corrected chi connectivity index (χ4v) is 1.40. The highest BCUT2D eigenvalue weighted by Gasteiger charge is 2.46. The number of hydroxylamine groups is 1. The number of Topliss-reactive ketones (excluding diaryl/α,β-unsaturated/α-hetero) is 1. The minimum absolute atomic E-state index is 0.0889. The maximum Gasteiger partial charge on any atom is 0.275 e. The predicted molar refractivity (Wildman–Crippen MR) is 49.7 cm³/mol. The molecule has 1 unspecified atom stereocenters.